The highest BCUT2D eigenvalue weighted by Gasteiger charge is 2.19. The van der Waals surface area contributed by atoms with Crippen molar-refractivity contribution in [3.8, 4) is 5.75 Å². The lowest BCUT2D eigenvalue weighted by atomic mass is 10.2. The van der Waals surface area contributed by atoms with Crippen molar-refractivity contribution in [2.75, 3.05) is 6.61 Å². The van der Waals surface area contributed by atoms with E-state index in [2.05, 4.69) is 5.32 Å². The molecule has 0 radical (unpaired) electrons. The van der Waals surface area contributed by atoms with E-state index in [1.54, 1.807) is 12.1 Å². The predicted molar refractivity (Wildman–Crippen MR) is 85.4 cm³/mol. The second-order valence-corrected chi connectivity index (χ2v) is 5.66. The van der Waals surface area contributed by atoms with Gasteiger partial charge in [0.05, 0.1) is 5.02 Å². The summed E-state index contributed by atoms with van der Waals surface area (Å²) in [7, 11) is 0. The van der Waals surface area contributed by atoms with E-state index in [1.165, 1.54) is 13.0 Å². The van der Waals surface area contributed by atoms with Crippen LogP contribution in [0.2, 0.25) is 10.0 Å². The monoisotopic (exact) mass is 347 g/mol. The topological polar surface area (TPSA) is 64.6 Å². The van der Waals surface area contributed by atoms with E-state index in [4.69, 9.17) is 32.7 Å². The fourth-order valence-electron chi connectivity index (χ4n) is 1.48. The second kappa shape index (κ2) is 8.86. The van der Waals surface area contributed by atoms with Crippen molar-refractivity contribution in [1.29, 1.82) is 0 Å². The molecule has 0 aliphatic heterocycles. The molecule has 0 spiro atoms. The van der Waals surface area contributed by atoms with Crippen LogP contribution >= 0.6 is 23.2 Å². The van der Waals surface area contributed by atoms with Crippen LogP contribution in [0.3, 0.4) is 0 Å². The summed E-state index contributed by atoms with van der Waals surface area (Å²) in [5.74, 6) is -0.677. The maximum Gasteiger partial charge on any atom is 0.347 e. The van der Waals surface area contributed by atoms with Gasteiger partial charge in [-0.15, -0.1) is 0 Å². The van der Waals surface area contributed by atoms with Gasteiger partial charge >= 0.3 is 5.97 Å². The summed E-state index contributed by atoms with van der Waals surface area (Å²) in [4.78, 5) is 23.3. The minimum Gasteiger partial charge on any atom is -0.477 e. The molecule has 1 rings (SSSR count). The van der Waals surface area contributed by atoms with Crippen molar-refractivity contribution >= 4 is 35.1 Å². The molecule has 1 aromatic carbocycles. The largest absolute Gasteiger partial charge is 0.477 e. The predicted octanol–water partition coefficient (Wildman–Crippen LogP) is 3.22. The second-order valence-electron chi connectivity index (χ2n) is 4.82. The molecule has 0 heterocycles. The number of nitrogens with one attached hydrogen (secondary N) is 1. The fraction of sp³-hybridized carbons (Fsp3) is 0.467. The van der Waals surface area contributed by atoms with Crippen molar-refractivity contribution in [3.05, 3.63) is 28.2 Å². The van der Waals surface area contributed by atoms with Crippen molar-refractivity contribution in [2.24, 2.45) is 0 Å². The number of rotatable bonds is 7. The molecule has 0 aliphatic carbocycles. The molecule has 1 amide bonds. The lowest BCUT2D eigenvalue weighted by Gasteiger charge is -2.16. The number of ether oxygens (including phenoxy) is 2. The van der Waals surface area contributed by atoms with E-state index in [-0.39, 0.29) is 18.6 Å². The number of esters is 1. The molecule has 0 bridgehead atoms. The van der Waals surface area contributed by atoms with E-state index in [0.717, 1.165) is 6.42 Å². The standard InChI is InChI=1S/C15H19Cl2NO4/c1-4-9(2)18-14(19)8-21-15(20)10(3)22-13-6-5-11(16)7-12(13)17/h5-7,9-10H,4,8H2,1-3H3,(H,18,19)/t9-,10+/m0/s1. The molecule has 7 heteroatoms. The Bertz CT molecular complexity index is 536. The van der Waals surface area contributed by atoms with Crippen molar-refractivity contribution in [2.45, 2.75) is 39.3 Å². The minimum atomic E-state index is -0.893. The van der Waals surface area contributed by atoms with Gasteiger partial charge in [-0.05, 0) is 38.5 Å². The van der Waals surface area contributed by atoms with E-state index < -0.39 is 12.1 Å². The first-order valence-corrected chi connectivity index (χ1v) is 7.66. The van der Waals surface area contributed by atoms with Gasteiger partial charge in [0, 0.05) is 11.1 Å². The molecule has 0 fully saturated rings. The zero-order chi connectivity index (χ0) is 16.7. The molecule has 0 aromatic heterocycles. The molecule has 0 aliphatic rings. The maximum absolute atomic E-state index is 11.8. The molecule has 2 atom stereocenters. The summed E-state index contributed by atoms with van der Waals surface area (Å²) >= 11 is 11.7. The van der Waals surface area contributed by atoms with Gasteiger partial charge in [-0.1, -0.05) is 30.1 Å². The van der Waals surface area contributed by atoms with Crippen LogP contribution in [0.1, 0.15) is 27.2 Å². The number of halogens is 2. The van der Waals surface area contributed by atoms with Crippen LogP contribution in [-0.4, -0.2) is 30.6 Å². The fourth-order valence-corrected chi connectivity index (χ4v) is 1.93. The maximum atomic E-state index is 11.8. The first-order valence-electron chi connectivity index (χ1n) is 6.91. The lowest BCUT2D eigenvalue weighted by Crippen LogP contribution is -2.37. The number of carbonyl (C=O) groups excluding carboxylic acids is 2. The van der Waals surface area contributed by atoms with Gasteiger partial charge < -0.3 is 14.8 Å². The molecule has 0 saturated heterocycles. The average Bonchev–Trinajstić information content (AvgIpc) is 2.47. The Kier molecular flexibility index (Phi) is 7.48. The minimum absolute atomic E-state index is 0.0350. The lowest BCUT2D eigenvalue weighted by molar-refractivity contribution is -0.154. The van der Waals surface area contributed by atoms with Gasteiger partial charge in [0.1, 0.15) is 5.75 Å². The number of benzene rings is 1. The van der Waals surface area contributed by atoms with E-state index >= 15 is 0 Å². The quantitative estimate of drug-likeness (QED) is 0.769. The first kappa shape index (κ1) is 18.6. The Morgan fingerprint density at radius 1 is 1.27 bits per heavy atom. The normalized spacial score (nSPS) is 13.1. The van der Waals surface area contributed by atoms with Crippen LogP contribution in [0.15, 0.2) is 18.2 Å². The number of hydrogen-bond acceptors (Lipinski definition) is 4. The molecule has 22 heavy (non-hydrogen) atoms. The highest BCUT2D eigenvalue weighted by Crippen LogP contribution is 2.28. The SMILES string of the molecule is CC[C@H](C)NC(=O)COC(=O)[C@@H](C)Oc1ccc(Cl)cc1Cl. The Balaban J connectivity index is 2.46. The van der Waals surface area contributed by atoms with Crippen LogP contribution in [-0.2, 0) is 14.3 Å². The summed E-state index contributed by atoms with van der Waals surface area (Å²) < 4.78 is 10.3. The summed E-state index contributed by atoms with van der Waals surface area (Å²) in [6, 6.07) is 4.70. The van der Waals surface area contributed by atoms with E-state index in [9.17, 15) is 9.59 Å². The van der Waals surface area contributed by atoms with Crippen LogP contribution < -0.4 is 10.1 Å². The van der Waals surface area contributed by atoms with Crippen LogP contribution in [0.5, 0.6) is 5.75 Å². The average molecular weight is 348 g/mol. The van der Waals surface area contributed by atoms with Crippen molar-refractivity contribution < 1.29 is 19.1 Å². The summed E-state index contributed by atoms with van der Waals surface area (Å²) in [5, 5.41) is 3.46. The number of amides is 1. The first-order chi connectivity index (χ1) is 10.3. The van der Waals surface area contributed by atoms with Gasteiger partial charge in [0.15, 0.2) is 12.7 Å². The molecule has 1 aromatic rings. The highest BCUT2D eigenvalue weighted by molar-refractivity contribution is 6.35. The molecule has 1 N–H and O–H groups in total. The van der Waals surface area contributed by atoms with Crippen molar-refractivity contribution in [3.63, 3.8) is 0 Å². The summed E-state index contributed by atoms with van der Waals surface area (Å²) in [5.41, 5.74) is 0. The third-order valence-electron chi connectivity index (χ3n) is 2.89. The smallest absolute Gasteiger partial charge is 0.347 e. The Hall–Kier alpha value is -1.46. The van der Waals surface area contributed by atoms with Crippen molar-refractivity contribution in [1.82, 2.24) is 5.32 Å². The van der Waals surface area contributed by atoms with Crippen LogP contribution in [0.25, 0.3) is 0 Å². The third kappa shape index (κ3) is 6.12. The molecule has 0 unspecified atom stereocenters. The molecule has 122 valence electrons. The Morgan fingerprint density at radius 2 is 1.95 bits per heavy atom. The molecular formula is C15H19Cl2NO4. The van der Waals surface area contributed by atoms with Crippen LogP contribution in [0, 0.1) is 0 Å². The molecular weight excluding hydrogens is 329 g/mol. The zero-order valence-corrected chi connectivity index (χ0v) is 14.2. The van der Waals surface area contributed by atoms with E-state index in [1.807, 2.05) is 13.8 Å². The summed E-state index contributed by atoms with van der Waals surface area (Å²) in [6.07, 6.45) is -0.0936. The molecule has 0 saturated carbocycles. The van der Waals surface area contributed by atoms with Gasteiger partial charge in [-0.3, -0.25) is 4.79 Å². The van der Waals surface area contributed by atoms with E-state index in [0.29, 0.717) is 15.8 Å². The van der Waals surface area contributed by atoms with Gasteiger partial charge in [0.2, 0.25) is 0 Å². The van der Waals surface area contributed by atoms with Gasteiger partial charge in [0.25, 0.3) is 5.91 Å². The highest BCUT2D eigenvalue weighted by atomic mass is 35.5. The zero-order valence-electron chi connectivity index (χ0n) is 12.7. The van der Waals surface area contributed by atoms with Crippen LogP contribution in [0.4, 0.5) is 0 Å². The third-order valence-corrected chi connectivity index (χ3v) is 3.43. The number of hydrogen-bond donors (Lipinski definition) is 1. The Labute approximate surface area is 139 Å². The van der Waals surface area contributed by atoms with Gasteiger partial charge in [-0.2, -0.15) is 0 Å². The number of carbonyl (C=O) groups is 2. The Morgan fingerprint density at radius 3 is 2.55 bits per heavy atom. The summed E-state index contributed by atoms with van der Waals surface area (Å²) in [6.45, 7) is 4.99. The molecule has 5 nitrogen and oxygen atoms in total. The van der Waals surface area contributed by atoms with Gasteiger partial charge in [-0.25, -0.2) is 4.79 Å².